The summed E-state index contributed by atoms with van der Waals surface area (Å²) in [4.78, 5) is 36.4. The molecule has 2 aromatic rings. The first-order chi connectivity index (χ1) is 13.2. The fourth-order valence-electron chi connectivity index (χ4n) is 4.83. The van der Waals surface area contributed by atoms with E-state index in [1.165, 1.54) is 5.56 Å². The molecule has 2 unspecified atom stereocenters. The SMILES string of the molecule is O=C1C2CN(Cc3ccnc4ccccc34)CCN2C(=O)C2CCCCN12. The van der Waals surface area contributed by atoms with Gasteiger partial charge in [-0.2, -0.15) is 0 Å². The van der Waals surface area contributed by atoms with Crippen molar-refractivity contribution in [2.75, 3.05) is 26.2 Å². The Hall–Kier alpha value is -2.47. The third-order valence-corrected chi connectivity index (χ3v) is 6.24. The number of piperazine rings is 2. The molecule has 1 aromatic carbocycles. The van der Waals surface area contributed by atoms with Crippen molar-refractivity contribution in [1.82, 2.24) is 19.7 Å². The number of para-hydroxylation sites is 1. The van der Waals surface area contributed by atoms with Gasteiger partial charge in [0.05, 0.1) is 5.52 Å². The van der Waals surface area contributed by atoms with Gasteiger partial charge in [0.15, 0.2) is 0 Å². The molecule has 2 amide bonds. The Morgan fingerprint density at radius 3 is 2.67 bits per heavy atom. The zero-order chi connectivity index (χ0) is 18.4. The molecule has 3 fully saturated rings. The molecule has 5 rings (SSSR count). The van der Waals surface area contributed by atoms with Crippen LogP contribution in [-0.4, -0.2) is 69.8 Å². The van der Waals surface area contributed by atoms with Crippen LogP contribution in [-0.2, 0) is 16.1 Å². The van der Waals surface area contributed by atoms with Gasteiger partial charge in [0, 0.05) is 44.3 Å². The fraction of sp³-hybridized carbons (Fsp3) is 0.476. The van der Waals surface area contributed by atoms with E-state index in [2.05, 4.69) is 22.0 Å². The summed E-state index contributed by atoms with van der Waals surface area (Å²) in [5, 5.41) is 1.16. The lowest BCUT2D eigenvalue weighted by atomic mass is 9.94. The van der Waals surface area contributed by atoms with Gasteiger partial charge in [0.25, 0.3) is 0 Å². The van der Waals surface area contributed by atoms with Gasteiger partial charge >= 0.3 is 0 Å². The summed E-state index contributed by atoms with van der Waals surface area (Å²) >= 11 is 0. The maximum atomic E-state index is 13.0. The fourth-order valence-corrected chi connectivity index (χ4v) is 4.83. The van der Waals surface area contributed by atoms with Gasteiger partial charge in [-0.1, -0.05) is 18.2 Å². The average molecular weight is 364 g/mol. The van der Waals surface area contributed by atoms with Crippen molar-refractivity contribution < 1.29 is 9.59 Å². The average Bonchev–Trinajstić information content (AvgIpc) is 2.72. The number of nitrogens with zero attached hydrogens (tertiary/aromatic N) is 4. The van der Waals surface area contributed by atoms with Crippen molar-refractivity contribution in [2.45, 2.75) is 37.9 Å². The summed E-state index contributed by atoms with van der Waals surface area (Å²) in [5.41, 5.74) is 2.22. The zero-order valence-electron chi connectivity index (χ0n) is 15.4. The van der Waals surface area contributed by atoms with Crippen LogP contribution in [0.15, 0.2) is 36.5 Å². The smallest absolute Gasteiger partial charge is 0.247 e. The van der Waals surface area contributed by atoms with Crippen LogP contribution in [0.25, 0.3) is 10.9 Å². The molecule has 0 bridgehead atoms. The van der Waals surface area contributed by atoms with E-state index in [0.717, 1.165) is 49.8 Å². The van der Waals surface area contributed by atoms with Crippen molar-refractivity contribution in [3.8, 4) is 0 Å². The van der Waals surface area contributed by atoms with Gasteiger partial charge in [-0.15, -0.1) is 0 Å². The minimum Gasteiger partial charge on any atom is -0.329 e. The summed E-state index contributed by atoms with van der Waals surface area (Å²) in [6.45, 7) is 3.57. The van der Waals surface area contributed by atoms with Gasteiger partial charge in [0.2, 0.25) is 11.8 Å². The molecule has 4 heterocycles. The third kappa shape index (κ3) is 2.79. The maximum Gasteiger partial charge on any atom is 0.247 e. The number of amides is 2. The second-order valence-electron chi connectivity index (χ2n) is 7.81. The Kier molecular flexibility index (Phi) is 4.08. The molecule has 3 saturated heterocycles. The monoisotopic (exact) mass is 364 g/mol. The van der Waals surface area contributed by atoms with Gasteiger partial charge in [0.1, 0.15) is 12.1 Å². The number of aromatic nitrogens is 1. The van der Waals surface area contributed by atoms with Crippen molar-refractivity contribution in [1.29, 1.82) is 0 Å². The number of carbonyl (C=O) groups is 2. The number of hydrogen-bond donors (Lipinski definition) is 0. The molecule has 0 aliphatic carbocycles. The predicted molar refractivity (Wildman–Crippen MR) is 102 cm³/mol. The Bertz CT molecular complexity index is 893. The Morgan fingerprint density at radius 1 is 0.926 bits per heavy atom. The van der Waals surface area contributed by atoms with E-state index in [1.54, 1.807) is 0 Å². The van der Waals surface area contributed by atoms with E-state index < -0.39 is 0 Å². The van der Waals surface area contributed by atoms with Crippen molar-refractivity contribution in [2.24, 2.45) is 0 Å². The van der Waals surface area contributed by atoms with Crippen LogP contribution in [0, 0.1) is 0 Å². The van der Waals surface area contributed by atoms with Gasteiger partial charge in [-0.25, -0.2) is 0 Å². The van der Waals surface area contributed by atoms with E-state index >= 15 is 0 Å². The topological polar surface area (TPSA) is 56.8 Å². The minimum absolute atomic E-state index is 0.142. The van der Waals surface area contributed by atoms with Crippen LogP contribution in [0.4, 0.5) is 0 Å². The van der Waals surface area contributed by atoms with Crippen LogP contribution >= 0.6 is 0 Å². The molecule has 3 aliphatic heterocycles. The molecule has 1 aromatic heterocycles. The van der Waals surface area contributed by atoms with E-state index in [4.69, 9.17) is 0 Å². The lowest BCUT2D eigenvalue weighted by Crippen LogP contribution is -2.70. The molecule has 27 heavy (non-hydrogen) atoms. The van der Waals surface area contributed by atoms with Crippen molar-refractivity contribution >= 4 is 22.7 Å². The Balaban J connectivity index is 1.37. The molecular formula is C21H24N4O2. The van der Waals surface area contributed by atoms with Crippen molar-refractivity contribution in [3.63, 3.8) is 0 Å². The highest BCUT2D eigenvalue weighted by Crippen LogP contribution is 2.29. The highest BCUT2D eigenvalue weighted by atomic mass is 16.2. The normalized spacial score (nSPS) is 26.2. The van der Waals surface area contributed by atoms with Crippen LogP contribution in [0.3, 0.4) is 0 Å². The van der Waals surface area contributed by atoms with Gasteiger partial charge in [-0.3, -0.25) is 19.5 Å². The standard InChI is InChI=1S/C21H24N4O2/c26-20-18-7-3-4-10-24(18)21(27)19-14-23(11-12-25(19)20)13-15-8-9-22-17-6-2-1-5-16(15)17/h1-2,5-6,8-9,18-19H,3-4,7,10-14H2. The van der Waals surface area contributed by atoms with Crippen LogP contribution < -0.4 is 0 Å². The Morgan fingerprint density at radius 2 is 1.74 bits per heavy atom. The molecule has 0 spiro atoms. The predicted octanol–water partition coefficient (Wildman–Crippen LogP) is 1.64. The molecule has 6 nitrogen and oxygen atoms in total. The van der Waals surface area contributed by atoms with Crippen LogP contribution in [0.5, 0.6) is 0 Å². The largest absolute Gasteiger partial charge is 0.329 e. The molecule has 6 heteroatoms. The Labute approximate surface area is 158 Å². The van der Waals surface area contributed by atoms with Crippen molar-refractivity contribution in [3.05, 3.63) is 42.1 Å². The lowest BCUT2D eigenvalue weighted by Gasteiger charge is -2.50. The summed E-state index contributed by atoms with van der Waals surface area (Å²) in [7, 11) is 0. The molecular weight excluding hydrogens is 340 g/mol. The lowest BCUT2D eigenvalue weighted by molar-refractivity contribution is -0.167. The first-order valence-electron chi connectivity index (χ1n) is 9.88. The van der Waals surface area contributed by atoms with E-state index in [-0.39, 0.29) is 23.9 Å². The van der Waals surface area contributed by atoms with Crippen LogP contribution in [0.2, 0.25) is 0 Å². The molecule has 140 valence electrons. The molecule has 3 aliphatic rings. The number of hydrogen-bond acceptors (Lipinski definition) is 4. The second kappa shape index (κ2) is 6.60. The second-order valence-corrected chi connectivity index (χ2v) is 7.81. The minimum atomic E-state index is -0.325. The maximum absolute atomic E-state index is 13.0. The number of fused-ring (bicyclic) bond motifs is 3. The number of rotatable bonds is 2. The molecule has 2 atom stereocenters. The molecule has 0 N–H and O–H groups in total. The zero-order valence-corrected chi connectivity index (χ0v) is 15.4. The molecule has 0 saturated carbocycles. The first-order valence-corrected chi connectivity index (χ1v) is 9.88. The highest BCUT2D eigenvalue weighted by Gasteiger charge is 2.48. The summed E-state index contributed by atoms with van der Waals surface area (Å²) in [6.07, 6.45) is 4.72. The van der Waals surface area contributed by atoms with E-state index in [0.29, 0.717) is 13.1 Å². The van der Waals surface area contributed by atoms with Gasteiger partial charge < -0.3 is 9.80 Å². The molecule has 0 radical (unpaired) electrons. The summed E-state index contributed by atoms with van der Waals surface area (Å²) in [5.74, 6) is 0.303. The summed E-state index contributed by atoms with van der Waals surface area (Å²) in [6, 6.07) is 9.68. The van der Waals surface area contributed by atoms with Gasteiger partial charge in [-0.05, 0) is 37.0 Å². The van der Waals surface area contributed by atoms with E-state index in [9.17, 15) is 9.59 Å². The van der Waals surface area contributed by atoms with Crippen LogP contribution in [0.1, 0.15) is 24.8 Å². The number of carbonyl (C=O) groups excluding carboxylic acids is 2. The first kappa shape index (κ1) is 16.7. The number of benzene rings is 1. The quantitative estimate of drug-likeness (QED) is 0.813. The van der Waals surface area contributed by atoms with E-state index in [1.807, 2.05) is 34.2 Å². The highest BCUT2D eigenvalue weighted by molar-refractivity contribution is 5.97. The number of piperidine rings is 1. The number of pyridine rings is 1. The third-order valence-electron chi connectivity index (χ3n) is 6.24. The summed E-state index contributed by atoms with van der Waals surface area (Å²) < 4.78 is 0.